The normalized spacial score (nSPS) is 11.7. The van der Waals surface area contributed by atoms with Crippen molar-refractivity contribution >= 4 is 5.97 Å². The molecule has 0 rings (SSSR count). The molecule has 0 aliphatic carbocycles. The van der Waals surface area contributed by atoms with E-state index in [0.717, 1.165) is 18.5 Å². The minimum absolute atomic E-state index is 0.294. The number of nitrogens with one attached hydrogen (secondary N) is 1. The first-order chi connectivity index (χ1) is 9.17. The van der Waals surface area contributed by atoms with Crippen LogP contribution in [0.2, 0.25) is 0 Å². The van der Waals surface area contributed by atoms with Gasteiger partial charge in [-0.3, -0.25) is 0 Å². The zero-order valence-electron chi connectivity index (χ0n) is 12.5. The first-order valence-electron chi connectivity index (χ1n) is 7.02. The van der Waals surface area contributed by atoms with Crippen molar-refractivity contribution in [3.63, 3.8) is 0 Å². The molecule has 0 saturated heterocycles. The second-order valence-electron chi connectivity index (χ2n) is 3.89. The molecule has 112 valence electrons. The van der Waals surface area contributed by atoms with Crippen molar-refractivity contribution in [2.75, 3.05) is 26.4 Å². The Hall–Kier alpha value is -1.07. The molecule has 0 aromatic heterocycles. The zero-order chi connectivity index (χ0) is 14.5. The summed E-state index contributed by atoms with van der Waals surface area (Å²) < 4.78 is 15.8. The van der Waals surface area contributed by atoms with E-state index in [2.05, 4.69) is 12.2 Å². The molecule has 0 unspecified atom stereocenters. The fourth-order valence-electron chi connectivity index (χ4n) is 1.56. The largest absolute Gasteiger partial charge is 0.463 e. The van der Waals surface area contributed by atoms with Crippen molar-refractivity contribution in [2.45, 2.75) is 46.8 Å². The third-order valence-electron chi connectivity index (χ3n) is 2.30. The topological polar surface area (TPSA) is 56.8 Å². The van der Waals surface area contributed by atoms with Crippen molar-refractivity contribution in [2.24, 2.45) is 0 Å². The lowest BCUT2D eigenvalue weighted by Gasteiger charge is -2.19. The summed E-state index contributed by atoms with van der Waals surface area (Å²) in [5, 5.41) is 3.19. The second kappa shape index (κ2) is 12.0. The molecule has 0 spiro atoms. The average Bonchev–Trinajstić information content (AvgIpc) is 2.36. The maximum Gasteiger partial charge on any atom is 0.332 e. The van der Waals surface area contributed by atoms with E-state index in [4.69, 9.17) is 14.2 Å². The van der Waals surface area contributed by atoms with Gasteiger partial charge in [0, 0.05) is 25.0 Å². The smallest absolute Gasteiger partial charge is 0.332 e. The molecule has 0 saturated carbocycles. The van der Waals surface area contributed by atoms with Gasteiger partial charge >= 0.3 is 5.97 Å². The number of rotatable bonds is 11. The molecule has 1 N–H and O–H groups in total. The van der Waals surface area contributed by atoms with Gasteiger partial charge in [0.25, 0.3) is 0 Å². The van der Waals surface area contributed by atoms with Gasteiger partial charge in [0.2, 0.25) is 0 Å². The predicted octanol–water partition coefficient (Wildman–Crippen LogP) is 2.22. The van der Waals surface area contributed by atoms with E-state index < -0.39 is 0 Å². The Balaban J connectivity index is 4.35. The third kappa shape index (κ3) is 9.50. The van der Waals surface area contributed by atoms with Crippen molar-refractivity contribution < 1.29 is 19.0 Å². The summed E-state index contributed by atoms with van der Waals surface area (Å²) in [5.41, 5.74) is 0.852. The molecule has 0 bridgehead atoms. The number of allylic oxidation sites excluding steroid dienone is 1. The summed E-state index contributed by atoms with van der Waals surface area (Å²) in [7, 11) is 0. The second-order valence-corrected chi connectivity index (χ2v) is 3.89. The van der Waals surface area contributed by atoms with Gasteiger partial charge < -0.3 is 19.5 Å². The lowest BCUT2D eigenvalue weighted by Crippen LogP contribution is -2.31. The summed E-state index contributed by atoms with van der Waals surface area (Å²) in [5.74, 6) is -0.317. The number of hydrogen-bond acceptors (Lipinski definition) is 5. The SMILES string of the molecule is CCC/C(=C/C(=O)OCC)NCC(OCC)OCC. The highest BCUT2D eigenvalue weighted by Gasteiger charge is 2.09. The van der Waals surface area contributed by atoms with Crippen LogP contribution in [0.25, 0.3) is 0 Å². The summed E-state index contributed by atoms with van der Waals surface area (Å²) in [6, 6.07) is 0. The molecule has 0 aliphatic rings. The van der Waals surface area contributed by atoms with E-state index in [1.807, 2.05) is 13.8 Å². The molecule has 0 aliphatic heterocycles. The summed E-state index contributed by atoms with van der Waals surface area (Å²) in [4.78, 5) is 11.4. The fourth-order valence-corrected chi connectivity index (χ4v) is 1.56. The maximum atomic E-state index is 11.4. The van der Waals surface area contributed by atoms with Gasteiger partial charge in [-0.15, -0.1) is 0 Å². The Morgan fingerprint density at radius 1 is 1.11 bits per heavy atom. The van der Waals surface area contributed by atoms with Gasteiger partial charge in [0.1, 0.15) is 0 Å². The Morgan fingerprint density at radius 2 is 1.74 bits per heavy atom. The highest BCUT2D eigenvalue weighted by atomic mass is 16.7. The van der Waals surface area contributed by atoms with Crippen LogP contribution in [-0.4, -0.2) is 38.6 Å². The predicted molar refractivity (Wildman–Crippen MR) is 74.7 cm³/mol. The lowest BCUT2D eigenvalue weighted by molar-refractivity contribution is -0.137. The van der Waals surface area contributed by atoms with Gasteiger partial charge in [-0.1, -0.05) is 13.3 Å². The molecule has 0 aromatic carbocycles. The molecule has 0 atom stereocenters. The van der Waals surface area contributed by atoms with Crippen LogP contribution in [0.4, 0.5) is 0 Å². The van der Waals surface area contributed by atoms with Crippen molar-refractivity contribution in [3.8, 4) is 0 Å². The minimum Gasteiger partial charge on any atom is -0.463 e. The van der Waals surface area contributed by atoms with Gasteiger partial charge in [0.15, 0.2) is 6.29 Å². The molecular weight excluding hydrogens is 246 g/mol. The van der Waals surface area contributed by atoms with Crippen molar-refractivity contribution in [1.29, 1.82) is 0 Å². The van der Waals surface area contributed by atoms with Crippen LogP contribution >= 0.6 is 0 Å². The van der Waals surface area contributed by atoms with Crippen LogP contribution < -0.4 is 5.32 Å². The van der Waals surface area contributed by atoms with Crippen LogP contribution in [0.3, 0.4) is 0 Å². The number of esters is 1. The molecule has 0 fully saturated rings. The Bertz CT molecular complexity index is 260. The number of carbonyl (C=O) groups is 1. The van der Waals surface area contributed by atoms with Crippen LogP contribution in [0.5, 0.6) is 0 Å². The minimum atomic E-state index is -0.317. The Labute approximate surface area is 116 Å². The molecule has 19 heavy (non-hydrogen) atoms. The van der Waals surface area contributed by atoms with E-state index in [9.17, 15) is 4.79 Å². The zero-order valence-corrected chi connectivity index (χ0v) is 12.5. The standard InChI is InChI=1S/C14H27NO4/c1-5-9-12(10-13(16)17-6-2)15-11-14(18-7-3)19-8-4/h10,14-15H,5-9,11H2,1-4H3/b12-10-. The van der Waals surface area contributed by atoms with Crippen LogP contribution in [0.15, 0.2) is 11.8 Å². The van der Waals surface area contributed by atoms with Crippen LogP contribution in [-0.2, 0) is 19.0 Å². The van der Waals surface area contributed by atoms with Crippen molar-refractivity contribution in [3.05, 3.63) is 11.8 Å². The molecular formula is C14H27NO4. The number of ether oxygens (including phenoxy) is 3. The van der Waals surface area contributed by atoms with Gasteiger partial charge in [0.05, 0.1) is 13.2 Å². The molecule has 0 aromatic rings. The van der Waals surface area contributed by atoms with Gasteiger partial charge in [-0.05, 0) is 27.2 Å². The van der Waals surface area contributed by atoms with Gasteiger partial charge in [-0.2, -0.15) is 0 Å². The fraction of sp³-hybridized carbons (Fsp3) is 0.786. The first kappa shape index (κ1) is 17.9. The van der Waals surface area contributed by atoms with Crippen LogP contribution in [0, 0.1) is 0 Å². The molecule has 0 radical (unpaired) electrons. The molecule has 5 heteroatoms. The van der Waals surface area contributed by atoms with Crippen molar-refractivity contribution in [1.82, 2.24) is 5.32 Å². The lowest BCUT2D eigenvalue weighted by atomic mass is 10.2. The van der Waals surface area contributed by atoms with E-state index in [-0.39, 0.29) is 12.3 Å². The summed E-state index contributed by atoms with van der Waals surface area (Å²) in [6.45, 7) is 9.79. The van der Waals surface area contributed by atoms with E-state index in [0.29, 0.717) is 26.4 Å². The number of carbonyl (C=O) groups excluding carboxylic acids is 1. The van der Waals surface area contributed by atoms with Crippen LogP contribution in [0.1, 0.15) is 40.5 Å². The van der Waals surface area contributed by atoms with Gasteiger partial charge in [-0.25, -0.2) is 4.79 Å². The Kier molecular flexibility index (Phi) is 11.3. The van der Waals surface area contributed by atoms with E-state index in [1.165, 1.54) is 6.08 Å². The molecule has 0 amide bonds. The Morgan fingerprint density at radius 3 is 2.21 bits per heavy atom. The summed E-state index contributed by atoms with van der Waals surface area (Å²) in [6.07, 6.45) is 2.95. The number of hydrogen-bond donors (Lipinski definition) is 1. The third-order valence-corrected chi connectivity index (χ3v) is 2.30. The highest BCUT2D eigenvalue weighted by Crippen LogP contribution is 2.03. The molecule has 0 heterocycles. The first-order valence-corrected chi connectivity index (χ1v) is 7.02. The average molecular weight is 273 g/mol. The van der Waals surface area contributed by atoms with E-state index >= 15 is 0 Å². The quantitative estimate of drug-likeness (QED) is 0.355. The monoisotopic (exact) mass is 273 g/mol. The van der Waals surface area contributed by atoms with E-state index in [1.54, 1.807) is 6.92 Å². The summed E-state index contributed by atoms with van der Waals surface area (Å²) >= 11 is 0. The molecule has 5 nitrogen and oxygen atoms in total. The maximum absolute atomic E-state index is 11.4. The highest BCUT2D eigenvalue weighted by molar-refractivity contribution is 5.82.